The summed E-state index contributed by atoms with van der Waals surface area (Å²) in [6.07, 6.45) is 0.678. The molecule has 0 aromatic heterocycles. The lowest BCUT2D eigenvalue weighted by Crippen LogP contribution is -2.40. The first-order valence-corrected chi connectivity index (χ1v) is 4.14. The molecule has 0 heterocycles. The van der Waals surface area contributed by atoms with Crippen LogP contribution in [0.1, 0.15) is 27.2 Å². The zero-order valence-electron chi connectivity index (χ0n) is 7.91. The first-order chi connectivity index (χ1) is 5.17. The Balaban J connectivity index is 0. The minimum atomic E-state index is -0.712. The van der Waals surface area contributed by atoms with Crippen molar-refractivity contribution in [3.63, 3.8) is 0 Å². The van der Waals surface area contributed by atoms with E-state index in [2.05, 4.69) is 0 Å². The van der Waals surface area contributed by atoms with Crippen LogP contribution in [0.15, 0.2) is 0 Å². The molecule has 1 N–H and O–H groups in total. The summed E-state index contributed by atoms with van der Waals surface area (Å²) in [5.41, 5.74) is 0. The monoisotopic (exact) mass is 195 g/mol. The summed E-state index contributed by atoms with van der Waals surface area (Å²) >= 11 is 0. The maximum atomic E-state index is 10.6. The molecule has 1 unspecified atom stereocenters. The maximum Gasteiger partial charge on any atom is 0.320 e. The Morgan fingerprint density at radius 3 is 1.83 bits per heavy atom. The van der Waals surface area contributed by atoms with E-state index in [1.165, 1.54) is 0 Å². The lowest BCUT2D eigenvalue weighted by Gasteiger charge is -2.24. The summed E-state index contributed by atoms with van der Waals surface area (Å²) in [6.45, 7) is 7.48. The molecule has 0 bridgehead atoms. The Bertz CT molecular complexity index is 126. The lowest BCUT2D eigenvalue weighted by molar-refractivity contribution is -0.143. The van der Waals surface area contributed by atoms with Crippen molar-refractivity contribution in [1.82, 2.24) is 4.90 Å². The van der Waals surface area contributed by atoms with Crippen molar-refractivity contribution in [3.8, 4) is 0 Å². The largest absolute Gasteiger partial charge is 0.480 e. The average Bonchev–Trinajstić information content (AvgIpc) is 1.99. The van der Waals surface area contributed by atoms with Crippen LogP contribution in [0.2, 0.25) is 0 Å². The van der Waals surface area contributed by atoms with Crippen molar-refractivity contribution in [3.05, 3.63) is 0 Å². The maximum absolute atomic E-state index is 10.6. The smallest absolute Gasteiger partial charge is 0.320 e. The molecule has 12 heavy (non-hydrogen) atoms. The number of nitrogens with zero attached hydrogens (tertiary/aromatic N) is 1. The first-order valence-electron chi connectivity index (χ1n) is 4.14. The zero-order valence-corrected chi connectivity index (χ0v) is 8.73. The van der Waals surface area contributed by atoms with Gasteiger partial charge in [-0.2, -0.15) is 0 Å². The van der Waals surface area contributed by atoms with E-state index in [4.69, 9.17) is 5.11 Å². The molecule has 0 amide bonds. The minimum absolute atomic E-state index is 0. The number of halogens is 1. The summed E-state index contributed by atoms with van der Waals surface area (Å²) < 4.78 is 0. The van der Waals surface area contributed by atoms with Crippen LogP contribution < -0.4 is 0 Å². The third kappa shape index (κ3) is 3.93. The van der Waals surface area contributed by atoms with E-state index in [1.807, 2.05) is 25.7 Å². The van der Waals surface area contributed by atoms with Gasteiger partial charge in [0.05, 0.1) is 0 Å². The topological polar surface area (TPSA) is 40.5 Å². The molecule has 4 heteroatoms. The molecule has 0 saturated carbocycles. The lowest BCUT2D eigenvalue weighted by atomic mass is 10.2. The number of hydrogen-bond acceptors (Lipinski definition) is 2. The molecule has 1 atom stereocenters. The van der Waals surface area contributed by atoms with E-state index in [-0.39, 0.29) is 18.4 Å². The van der Waals surface area contributed by atoms with Gasteiger partial charge in [0.2, 0.25) is 0 Å². The Morgan fingerprint density at radius 1 is 1.33 bits per heavy atom. The van der Waals surface area contributed by atoms with Gasteiger partial charge in [0, 0.05) is 0 Å². The minimum Gasteiger partial charge on any atom is -0.480 e. The van der Waals surface area contributed by atoms with Gasteiger partial charge in [-0.3, -0.25) is 9.69 Å². The Morgan fingerprint density at radius 2 is 1.75 bits per heavy atom. The van der Waals surface area contributed by atoms with Crippen LogP contribution in [0.3, 0.4) is 0 Å². The summed E-state index contributed by atoms with van der Waals surface area (Å²) in [7, 11) is 0. The van der Waals surface area contributed by atoms with Crippen LogP contribution in [0.4, 0.5) is 0 Å². The van der Waals surface area contributed by atoms with Gasteiger partial charge in [0.1, 0.15) is 6.04 Å². The normalized spacial score (nSPS) is 12.3. The average molecular weight is 196 g/mol. The molecule has 3 nitrogen and oxygen atoms in total. The molecule has 0 rings (SSSR count). The second kappa shape index (κ2) is 7.37. The molecule has 0 aromatic carbocycles. The standard InChI is InChI=1S/C8H17NO2.ClH/c1-4-7(8(10)11)9(5-2)6-3;/h7H,4-6H2,1-3H3,(H,10,11);1H. The van der Waals surface area contributed by atoms with Gasteiger partial charge in [-0.25, -0.2) is 0 Å². The van der Waals surface area contributed by atoms with Crippen molar-refractivity contribution < 1.29 is 9.90 Å². The van der Waals surface area contributed by atoms with E-state index < -0.39 is 5.97 Å². The number of hydrogen-bond donors (Lipinski definition) is 1. The Hall–Kier alpha value is -0.280. The highest BCUT2D eigenvalue weighted by Gasteiger charge is 2.20. The Kier molecular flexibility index (Phi) is 8.76. The third-order valence-corrected chi connectivity index (χ3v) is 1.92. The van der Waals surface area contributed by atoms with Crippen LogP contribution >= 0.6 is 12.4 Å². The highest BCUT2D eigenvalue weighted by molar-refractivity contribution is 5.85. The predicted molar refractivity (Wildman–Crippen MR) is 51.9 cm³/mol. The second-order valence-corrected chi connectivity index (χ2v) is 2.48. The van der Waals surface area contributed by atoms with E-state index in [0.717, 1.165) is 13.1 Å². The van der Waals surface area contributed by atoms with E-state index in [1.54, 1.807) is 0 Å². The third-order valence-electron chi connectivity index (χ3n) is 1.92. The van der Waals surface area contributed by atoms with Gasteiger partial charge >= 0.3 is 5.97 Å². The molecule has 0 saturated heterocycles. The van der Waals surface area contributed by atoms with E-state index >= 15 is 0 Å². The van der Waals surface area contributed by atoms with Crippen LogP contribution in [0.5, 0.6) is 0 Å². The number of carbonyl (C=O) groups is 1. The summed E-state index contributed by atoms with van der Waals surface area (Å²) in [6, 6.07) is -0.301. The van der Waals surface area contributed by atoms with Gasteiger partial charge in [0.15, 0.2) is 0 Å². The molecule has 0 aliphatic carbocycles. The molecular formula is C8H18ClNO2. The molecule has 0 spiro atoms. The highest BCUT2D eigenvalue weighted by atomic mass is 35.5. The fourth-order valence-electron chi connectivity index (χ4n) is 1.25. The van der Waals surface area contributed by atoms with Crippen molar-refractivity contribution in [1.29, 1.82) is 0 Å². The van der Waals surface area contributed by atoms with Gasteiger partial charge in [0.25, 0.3) is 0 Å². The van der Waals surface area contributed by atoms with Gasteiger partial charge in [-0.1, -0.05) is 20.8 Å². The predicted octanol–water partition coefficient (Wildman–Crippen LogP) is 1.61. The number of carboxylic acid groups (broad SMARTS) is 1. The van der Waals surface area contributed by atoms with Gasteiger partial charge < -0.3 is 5.11 Å². The van der Waals surface area contributed by atoms with Crippen LogP contribution in [-0.4, -0.2) is 35.1 Å². The fraction of sp³-hybridized carbons (Fsp3) is 0.875. The highest BCUT2D eigenvalue weighted by Crippen LogP contribution is 2.02. The molecule has 0 aliphatic rings. The van der Waals surface area contributed by atoms with E-state index in [0.29, 0.717) is 6.42 Å². The first kappa shape index (κ1) is 14.3. The van der Waals surface area contributed by atoms with Crippen LogP contribution in [0, 0.1) is 0 Å². The number of carboxylic acids is 1. The quantitative estimate of drug-likeness (QED) is 0.725. The van der Waals surface area contributed by atoms with Crippen molar-refractivity contribution >= 4 is 18.4 Å². The van der Waals surface area contributed by atoms with Gasteiger partial charge in [-0.05, 0) is 19.5 Å². The molecule has 74 valence electrons. The van der Waals surface area contributed by atoms with Crippen molar-refractivity contribution in [2.24, 2.45) is 0 Å². The van der Waals surface area contributed by atoms with Gasteiger partial charge in [-0.15, -0.1) is 12.4 Å². The molecule has 0 aromatic rings. The molecule has 0 aliphatic heterocycles. The Labute approximate surface area is 80.2 Å². The SMILES string of the molecule is CCC(C(=O)O)N(CC)CC.Cl. The van der Waals surface area contributed by atoms with Crippen LogP contribution in [-0.2, 0) is 4.79 Å². The molecule has 0 fully saturated rings. The molecular weight excluding hydrogens is 178 g/mol. The summed E-state index contributed by atoms with van der Waals surface area (Å²) in [5, 5.41) is 8.76. The number of likely N-dealkylation sites (N-methyl/N-ethyl adjacent to an activating group) is 1. The number of rotatable bonds is 5. The van der Waals surface area contributed by atoms with Crippen molar-refractivity contribution in [2.75, 3.05) is 13.1 Å². The zero-order chi connectivity index (χ0) is 8.85. The molecule has 0 radical (unpaired) electrons. The fourth-order valence-corrected chi connectivity index (χ4v) is 1.25. The van der Waals surface area contributed by atoms with E-state index in [9.17, 15) is 4.79 Å². The summed E-state index contributed by atoms with van der Waals surface area (Å²) in [4.78, 5) is 12.6. The van der Waals surface area contributed by atoms with Crippen molar-refractivity contribution in [2.45, 2.75) is 33.2 Å². The summed E-state index contributed by atoms with van der Waals surface area (Å²) in [5.74, 6) is -0.712. The second-order valence-electron chi connectivity index (χ2n) is 2.48. The number of aliphatic carboxylic acids is 1. The van der Waals surface area contributed by atoms with Crippen LogP contribution in [0.25, 0.3) is 0 Å².